The summed E-state index contributed by atoms with van der Waals surface area (Å²) in [6.45, 7) is 8.63. The van der Waals surface area contributed by atoms with Gasteiger partial charge in [0.15, 0.2) is 0 Å². The predicted molar refractivity (Wildman–Crippen MR) is 70.5 cm³/mol. The SMILES string of the molecule is CC1CCC(C2(C)CCCCCN2)CC1C. The van der Waals surface area contributed by atoms with Crippen LogP contribution >= 0.6 is 0 Å². The van der Waals surface area contributed by atoms with Crippen LogP contribution in [0.4, 0.5) is 0 Å². The second-order valence-electron chi connectivity index (χ2n) is 6.62. The molecule has 4 unspecified atom stereocenters. The molecule has 2 rings (SSSR count). The van der Waals surface area contributed by atoms with Crippen molar-refractivity contribution in [3.8, 4) is 0 Å². The zero-order valence-corrected chi connectivity index (χ0v) is 11.4. The highest BCUT2D eigenvalue weighted by atomic mass is 15.0. The van der Waals surface area contributed by atoms with Gasteiger partial charge in [-0.3, -0.25) is 0 Å². The van der Waals surface area contributed by atoms with Crippen molar-refractivity contribution < 1.29 is 0 Å². The van der Waals surface area contributed by atoms with Crippen molar-refractivity contribution >= 4 is 0 Å². The second-order valence-corrected chi connectivity index (χ2v) is 6.62. The molecule has 1 aliphatic heterocycles. The lowest BCUT2D eigenvalue weighted by molar-refractivity contribution is 0.114. The second kappa shape index (κ2) is 5.08. The Kier molecular flexibility index (Phi) is 3.94. The maximum absolute atomic E-state index is 3.86. The Hall–Kier alpha value is -0.0400. The van der Waals surface area contributed by atoms with Crippen LogP contribution in [-0.4, -0.2) is 12.1 Å². The fourth-order valence-corrected chi connectivity index (χ4v) is 3.73. The van der Waals surface area contributed by atoms with Gasteiger partial charge in [0.2, 0.25) is 0 Å². The van der Waals surface area contributed by atoms with E-state index in [0.29, 0.717) is 5.54 Å². The van der Waals surface area contributed by atoms with Crippen molar-refractivity contribution in [1.29, 1.82) is 0 Å². The van der Waals surface area contributed by atoms with Crippen LogP contribution in [0.5, 0.6) is 0 Å². The highest BCUT2D eigenvalue weighted by Crippen LogP contribution is 2.41. The first kappa shape index (κ1) is 12.4. The van der Waals surface area contributed by atoms with E-state index in [1.807, 2.05) is 0 Å². The zero-order valence-electron chi connectivity index (χ0n) is 11.4. The van der Waals surface area contributed by atoms with Gasteiger partial charge >= 0.3 is 0 Å². The third kappa shape index (κ3) is 2.61. The Morgan fingerprint density at radius 2 is 1.81 bits per heavy atom. The molecule has 16 heavy (non-hydrogen) atoms. The van der Waals surface area contributed by atoms with E-state index in [0.717, 1.165) is 17.8 Å². The molecule has 2 aliphatic rings. The van der Waals surface area contributed by atoms with Crippen LogP contribution in [0.1, 0.15) is 65.7 Å². The molecule has 0 aromatic carbocycles. The van der Waals surface area contributed by atoms with Gasteiger partial charge < -0.3 is 5.32 Å². The number of rotatable bonds is 1. The van der Waals surface area contributed by atoms with E-state index in [2.05, 4.69) is 26.1 Å². The molecule has 1 aliphatic carbocycles. The molecule has 1 saturated heterocycles. The van der Waals surface area contributed by atoms with Gasteiger partial charge in [0.25, 0.3) is 0 Å². The lowest BCUT2D eigenvalue weighted by Gasteiger charge is -2.44. The molecular weight excluding hydrogens is 194 g/mol. The summed E-state index contributed by atoms with van der Waals surface area (Å²) in [6.07, 6.45) is 10.0. The maximum Gasteiger partial charge on any atom is 0.0181 e. The standard InChI is InChI=1S/C15H29N/c1-12-7-8-14(11-13(12)2)15(3)9-5-4-6-10-16-15/h12-14,16H,4-11H2,1-3H3. The maximum atomic E-state index is 3.86. The Labute approximate surface area is 101 Å². The first-order chi connectivity index (χ1) is 7.62. The van der Waals surface area contributed by atoms with Gasteiger partial charge in [0.1, 0.15) is 0 Å². The lowest BCUT2D eigenvalue weighted by atomic mass is 9.67. The molecule has 4 atom stereocenters. The van der Waals surface area contributed by atoms with E-state index in [1.165, 1.54) is 51.5 Å². The van der Waals surface area contributed by atoms with E-state index in [1.54, 1.807) is 0 Å². The Bertz CT molecular complexity index is 215. The van der Waals surface area contributed by atoms with Gasteiger partial charge in [-0.25, -0.2) is 0 Å². The Morgan fingerprint density at radius 3 is 2.56 bits per heavy atom. The van der Waals surface area contributed by atoms with Gasteiger partial charge in [0, 0.05) is 5.54 Å². The summed E-state index contributed by atoms with van der Waals surface area (Å²) in [5.74, 6) is 2.81. The van der Waals surface area contributed by atoms with Crippen molar-refractivity contribution in [2.24, 2.45) is 17.8 Å². The minimum absolute atomic E-state index is 0.449. The topological polar surface area (TPSA) is 12.0 Å². The van der Waals surface area contributed by atoms with Crippen molar-refractivity contribution in [1.82, 2.24) is 5.32 Å². The smallest absolute Gasteiger partial charge is 0.0181 e. The molecule has 94 valence electrons. The fourth-order valence-electron chi connectivity index (χ4n) is 3.73. The molecule has 1 heteroatoms. The average molecular weight is 223 g/mol. The summed E-state index contributed by atoms with van der Waals surface area (Å²) in [5.41, 5.74) is 0.449. The molecule has 1 nitrogen and oxygen atoms in total. The van der Waals surface area contributed by atoms with Crippen LogP contribution in [-0.2, 0) is 0 Å². The highest BCUT2D eigenvalue weighted by Gasteiger charge is 2.38. The normalized spacial score (nSPS) is 46.3. The van der Waals surface area contributed by atoms with Crippen LogP contribution in [0.15, 0.2) is 0 Å². The number of hydrogen-bond donors (Lipinski definition) is 1. The summed E-state index contributed by atoms with van der Waals surface area (Å²) in [4.78, 5) is 0. The molecular formula is C15H29N. The quantitative estimate of drug-likeness (QED) is 0.709. The van der Waals surface area contributed by atoms with E-state index in [9.17, 15) is 0 Å². The molecule has 0 bridgehead atoms. The lowest BCUT2D eigenvalue weighted by Crippen LogP contribution is -2.50. The molecule has 0 amide bonds. The van der Waals surface area contributed by atoms with Gasteiger partial charge in [0.05, 0.1) is 0 Å². The molecule has 0 aromatic heterocycles. The third-order valence-electron chi connectivity index (χ3n) is 5.40. The van der Waals surface area contributed by atoms with E-state index >= 15 is 0 Å². The monoisotopic (exact) mass is 223 g/mol. The summed E-state index contributed by atoms with van der Waals surface area (Å²) in [5, 5.41) is 3.86. The van der Waals surface area contributed by atoms with Crippen LogP contribution in [0.25, 0.3) is 0 Å². The van der Waals surface area contributed by atoms with Gasteiger partial charge in [-0.1, -0.05) is 33.1 Å². The molecule has 1 saturated carbocycles. The van der Waals surface area contributed by atoms with Crippen LogP contribution < -0.4 is 5.32 Å². The largest absolute Gasteiger partial charge is 0.311 e. The third-order valence-corrected chi connectivity index (χ3v) is 5.40. The van der Waals surface area contributed by atoms with Gasteiger partial charge in [-0.05, 0) is 56.9 Å². The summed E-state index contributed by atoms with van der Waals surface area (Å²) >= 11 is 0. The van der Waals surface area contributed by atoms with Crippen LogP contribution in [0.3, 0.4) is 0 Å². The number of nitrogens with one attached hydrogen (secondary N) is 1. The van der Waals surface area contributed by atoms with E-state index < -0.39 is 0 Å². The van der Waals surface area contributed by atoms with Crippen molar-refractivity contribution in [2.75, 3.05) is 6.54 Å². The van der Waals surface area contributed by atoms with Crippen LogP contribution in [0, 0.1) is 17.8 Å². The first-order valence-corrected chi connectivity index (χ1v) is 7.37. The minimum atomic E-state index is 0.449. The fraction of sp³-hybridized carbons (Fsp3) is 1.00. The summed E-state index contributed by atoms with van der Waals surface area (Å²) in [6, 6.07) is 0. The minimum Gasteiger partial charge on any atom is -0.311 e. The molecule has 0 radical (unpaired) electrons. The molecule has 1 N–H and O–H groups in total. The molecule has 2 fully saturated rings. The van der Waals surface area contributed by atoms with E-state index in [-0.39, 0.29) is 0 Å². The predicted octanol–water partition coefficient (Wildman–Crippen LogP) is 3.98. The number of hydrogen-bond acceptors (Lipinski definition) is 1. The van der Waals surface area contributed by atoms with Crippen molar-refractivity contribution in [3.05, 3.63) is 0 Å². The summed E-state index contributed by atoms with van der Waals surface area (Å²) < 4.78 is 0. The van der Waals surface area contributed by atoms with Gasteiger partial charge in [-0.2, -0.15) is 0 Å². The molecule has 0 spiro atoms. The van der Waals surface area contributed by atoms with E-state index in [4.69, 9.17) is 0 Å². The highest BCUT2D eigenvalue weighted by molar-refractivity contribution is 4.94. The molecule has 1 heterocycles. The Balaban J connectivity index is 1.99. The summed E-state index contributed by atoms with van der Waals surface area (Å²) in [7, 11) is 0. The van der Waals surface area contributed by atoms with Crippen molar-refractivity contribution in [2.45, 2.75) is 71.3 Å². The van der Waals surface area contributed by atoms with Gasteiger partial charge in [-0.15, -0.1) is 0 Å². The Morgan fingerprint density at radius 1 is 1.00 bits per heavy atom. The molecule has 0 aromatic rings. The van der Waals surface area contributed by atoms with Crippen molar-refractivity contribution in [3.63, 3.8) is 0 Å². The van der Waals surface area contributed by atoms with Crippen LogP contribution in [0.2, 0.25) is 0 Å². The zero-order chi connectivity index (χ0) is 11.6. The first-order valence-electron chi connectivity index (χ1n) is 7.37. The average Bonchev–Trinajstić information content (AvgIpc) is 2.48.